The number of pyridine rings is 1. The molecule has 1 saturated carbocycles. The van der Waals surface area contributed by atoms with Gasteiger partial charge < -0.3 is 10.7 Å². The van der Waals surface area contributed by atoms with Crippen molar-refractivity contribution in [2.75, 3.05) is 5.73 Å². The molecule has 3 aromatic rings. The van der Waals surface area contributed by atoms with Crippen molar-refractivity contribution >= 4 is 40.1 Å². The van der Waals surface area contributed by atoms with Gasteiger partial charge in [0.2, 0.25) is 0 Å². The third-order valence-electron chi connectivity index (χ3n) is 4.03. The average molecular weight is 346 g/mol. The number of nitrogen functional groups attached to an aromatic ring is 1. The van der Waals surface area contributed by atoms with E-state index in [4.69, 9.17) is 17.3 Å². The van der Waals surface area contributed by atoms with Crippen LogP contribution >= 0.6 is 23.4 Å². The summed E-state index contributed by atoms with van der Waals surface area (Å²) in [4.78, 5) is 16.3. The Balaban J connectivity index is 1.63. The molecule has 23 heavy (non-hydrogen) atoms. The second-order valence-corrected chi connectivity index (χ2v) is 7.53. The summed E-state index contributed by atoms with van der Waals surface area (Å²) < 4.78 is 0. The van der Waals surface area contributed by atoms with Gasteiger partial charge in [-0.15, -0.1) is 0 Å². The van der Waals surface area contributed by atoms with E-state index in [9.17, 15) is 0 Å². The number of rotatable bonds is 4. The molecule has 0 radical (unpaired) electrons. The van der Waals surface area contributed by atoms with Crippen LogP contribution < -0.4 is 5.73 Å². The van der Waals surface area contributed by atoms with Crippen LogP contribution in [0, 0.1) is 0 Å². The lowest BCUT2D eigenvalue weighted by atomic mass is 10.1. The van der Waals surface area contributed by atoms with Crippen molar-refractivity contribution in [3.63, 3.8) is 0 Å². The lowest BCUT2D eigenvalue weighted by Gasteiger charge is -2.10. The number of halogens is 1. The predicted molar refractivity (Wildman–Crippen MR) is 93.8 cm³/mol. The Kier molecular flexibility index (Phi) is 3.66. The van der Waals surface area contributed by atoms with Crippen LogP contribution in [0.4, 0.5) is 5.82 Å². The smallest absolute Gasteiger partial charge is 0.191 e. The normalized spacial score (nSPS) is 15.9. The minimum Gasteiger partial charge on any atom is -0.384 e. The van der Waals surface area contributed by atoms with Gasteiger partial charge in [-0.05, 0) is 37.3 Å². The lowest BCUT2D eigenvalue weighted by molar-refractivity contribution is 0.946. The molecule has 1 fully saturated rings. The molecule has 0 spiro atoms. The molecule has 118 valence electrons. The van der Waals surface area contributed by atoms with Crippen LogP contribution in [0.2, 0.25) is 5.15 Å². The first-order valence-electron chi connectivity index (χ1n) is 7.54. The standard InChI is InChI=1S/C16H16ClN5S/c1-8(23-16-21-14(17)5-15(18)22-16)12-4-10-11(9-2-3-9)6-19-13(10)7-20-12/h4-9,19H,2-3H2,1H3,(H2,18,21,22). The molecule has 0 saturated heterocycles. The molecule has 1 unspecified atom stereocenters. The molecule has 4 rings (SSSR count). The van der Waals surface area contributed by atoms with Crippen molar-refractivity contribution in [1.29, 1.82) is 0 Å². The van der Waals surface area contributed by atoms with E-state index in [-0.39, 0.29) is 5.25 Å². The van der Waals surface area contributed by atoms with E-state index < -0.39 is 0 Å². The maximum atomic E-state index is 5.94. The highest BCUT2D eigenvalue weighted by atomic mass is 35.5. The molecule has 0 aliphatic heterocycles. The number of aromatic amines is 1. The third kappa shape index (κ3) is 3.01. The third-order valence-corrected chi connectivity index (χ3v) is 5.21. The molecular formula is C16H16ClN5S. The van der Waals surface area contributed by atoms with Crippen molar-refractivity contribution in [1.82, 2.24) is 19.9 Å². The predicted octanol–water partition coefficient (Wildman–Crippen LogP) is 4.32. The summed E-state index contributed by atoms with van der Waals surface area (Å²) in [5.41, 5.74) is 9.23. The van der Waals surface area contributed by atoms with Crippen LogP contribution in [0.15, 0.2) is 29.7 Å². The van der Waals surface area contributed by atoms with Crippen LogP contribution in [0.1, 0.15) is 42.2 Å². The molecule has 0 amide bonds. The Labute approximate surface area is 143 Å². The first-order valence-corrected chi connectivity index (χ1v) is 8.79. The molecule has 3 heterocycles. The molecule has 5 nitrogen and oxygen atoms in total. The van der Waals surface area contributed by atoms with Crippen molar-refractivity contribution in [3.8, 4) is 0 Å². The number of aromatic nitrogens is 4. The minimum atomic E-state index is 0.110. The Morgan fingerprint density at radius 1 is 1.35 bits per heavy atom. The zero-order valence-electron chi connectivity index (χ0n) is 12.6. The quantitative estimate of drug-likeness (QED) is 0.418. The van der Waals surface area contributed by atoms with Crippen LogP contribution in [-0.2, 0) is 0 Å². The fourth-order valence-electron chi connectivity index (χ4n) is 2.70. The molecule has 3 aromatic heterocycles. The number of hydrogen-bond acceptors (Lipinski definition) is 5. The number of nitrogens with one attached hydrogen (secondary N) is 1. The van der Waals surface area contributed by atoms with Gasteiger partial charge in [-0.1, -0.05) is 23.4 Å². The molecule has 1 atom stereocenters. The molecule has 1 aliphatic carbocycles. The van der Waals surface area contributed by atoms with Gasteiger partial charge in [0.05, 0.1) is 22.7 Å². The van der Waals surface area contributed by atoms with Crippen LogP contribution in [-0.4, -0.2) is 19.9 Å². The number of anilines is 1. The number of H-pyrrole nitrogens is 1. The van der Waals surface area contributed by atoms with E-state index >= 15 is 0 Å². The zero-order valence-corrected chi connectivity index (χ0v) is 14.2. The first-order chi connectivity index (χ1) is 11.1. The summed E-state index contributed by atoms with van der Waals surface area (Å²) in [5.74, 6) is 1.09. The monoisotopic (exact) mass is 345 g/mol. The highest BCUT2D eigenvalue weighted by Gasteiger charge is 2.26. The zero-order chi connectivity index (χ0) is 16.0. The number of nitrogens with zero attached hydrogens (tertiary/aromatic N) is 3. The SMILES string of the molecule is CC(Sc1nc(N)cc(Cl)n1)c1cc2c(C3CC3)c[nH]c2cn1. The van der Waals surface area contributed by atoms with Crippen LogP contribution in [0.3, 0.4) is 0 Å². The van der Waals surface area contributed by atoms with Gasteiger partial charge in [0.25, 0.3) is 0 Å². The summed E-state index contributed by atoms with van der Waals surface area (Å²) in [6.07, 6.45) is 6.59. The highest BCUT2D eigenvalue weighted by molar-refractivity contribution is 7.99. The molecule has 0 bridgehead atoms. The first kappa shape index (κ1) is 14.8. The van der Waals surface area contributed by atoms with E-state index in [1.54, 1.807) is 6.07 Å². The van der Waals surface area contributed by atoms with Crippen LogP contribution in [0.5, 0.6) is 0 Å². The van der Waals surface area contributed by atoms with Gasteiger partial charge in [-0.3, -0.25) is 4.98 Å². The number of fused-ring (bicyclic) bond motifs is 1. The molecule has 3 N–H and O–H groups in total. The maximum absolute atomic E-state index is 5.94. The Hall–Kier alpha value is -1.79. The molecule has 1 aliphatic rings. The molecular weight excluding hydrogens is 330 g/mol. The fourth-order valence-corrected chi connectivity index (χ4v) is 3.81. The van der Waals surface area contributed by atoms with E-state index in [1.165, 1.54) is 35.6 Å². The second-order valence-electron chi connectivity index (χ2n) is 5.83. The Bertz CT molecular complexity index is 854. The minimum absolute atomic E-state index is 0.110. The van der Waals surface area contributed by atoms with E-state index in [2.05, 4.69) is 39.1 Å². The summed E-state index contributed by atoms with van der Waals surface area (Å²) in [6, 6.07) is 3.72. The highest BCUT2D eigenvalue weighted by Crippen LogP contribution is 2.43. The Morgan fingerprint density at radius 2 is 2.17 bits per heavy atom. The molecule has 7 heteroatoms. The summed E-state index contributed by atoms with van der Waals surface area (Å²) in [5, 5.41) is 2.31. The average Bonchev–Trinajstić information content (AvgIpc) is 3.25. The number of nitrogens with two attached hydrogens (primary N) is 1. The van der Waals surface area contributed by atoms with Gasteiger partial charge >= 0.3 is 0 Å². The van der Waals surface area contributed by atoms with E-state index in [0.29, 0.717) is 22.0 Å². The number of hydrogen-bond donors (Lipinski definition) is 2. The number of thioether (sulfide) groups is 1. The second kappa shape index (κ2) is 5.69. The maximum Gasteiger partial charge on any atom is 0.191 e. The van der Waals surface area contributed by atoms with Gasteiger partial charge in [-0.2, -0.15) is 0 Å². The summed E-state index contributed by atoms with van der Waals surface area (Å²) >= 11 is 7.45. The fraction of sp³-hybridized carbons (Fsp3) is 0.312. The van der Waals surface area contributed by atoms with Gasteiger partial charge in [0.1, 0.15) is 11.0 Å². The van der Waals surface area contributed by atoms with Crippen molar-refractivity contribution in [2.45, 2.75) is 36.1 Å². The molecule has 0 aromatic carbocycles. The van der Waals surface area contributed by atoms with E-state index in [1.807, 2.05) is 6.20 Å². The Morgan fingerprint density at radius 3 is 2.91 bits per heavy atom. The summed E-state index contributed by atoms with van der Waals surface area (Å²) in [6.45, 7) is 2.09. The van der Waals surface area contributed by atoms with Crippen LogP contribution in [0.25, 0.3) is 10.9 Å². The van der Waals surface area contributed by atoms with Gasteiger partial charge in [0, 0.05) is 17.6 Å². The van der Waals surface area contributed by atoms with Crippen molar-refractivity contribution < 1.29 is 0 Å². The lowest BCUT2D eigenvalue weighted by Crippen LogP contribution is -1.98. The largest absolute Gasteiger partial charge is 0.384 e. The van der Waals surface area contributed by atoms with Crippen molar-refractivity contribution in [3.05, 3.63) is 40.9 Å². The van der Waals surface area contributed by atoms with Crippen molar-refractivity contribution in [2.24, 2.45) is 0 Å². The van der Waals surface area contributed by atoms with Gasteiger partial charge in [0.15, 0.2) is 5.16 Å². The van der Waals surface area contributed by atoms with Gasteiger partial charge in [-0.25, -0.2) is 9.97 Å². The van der Waals surface area contributed by atoms with E-state index in [0.717, 1.165) is 11.2 Å². The summed E-state index contributed by atoms with van der Waals surface area (Å²) in [7, 11) is 0. The topological polar surface area (TPSA) is 80.5 Å².